The highest BCUT2D eigenvalue weighted by Gasteiger charge is 2.24. The SMILES string of the molecule is COc1c(Cl)cc(-c2cnoc2N)c(C(C)C)c1OC. The van der Waals surface area contributed by atoms with Crippen molar-refractivity contribution in [2.24, 2.45) is 0 Å². The minimum atomic E-state index is 0.181. The first-order chi connectivity index (χ1) is 9.51. The molecule has 1 aromatic heterocycles. The molecule has 0 unspecified atom stereocenters. The minimum Gasteiger partial charge on any atom is -0.492 e. The van der Waals surface area contributed by atoms with E-state index in [9.17, 15) is 0 Å². The zero-order chi connectivity index (χ0) is 14.9. The smallest absolute Gasteiger partial charge is 0.229 e. The van der Waals surface area contributed by atoms with Gasteiger partial charge in [0.25, 0.3) is 0 Å². The Labute approximate surface area is 122 Å². The molecule has 0 aliphatic rings. The summed E-state index contributed by atoms with van der Waals surface area (Å²) in [6.07, 6.45) is 1.57. The molecule has 0 saturated heterocycles. The third kappa shape index (κ3) is 2.29. The molecule has 5 nitrogen and oxygen atoms in total. The van der Waals surface area contributed by atoms with Crippen LogP contribution in [-0.2, 0) is 0 Å². The first-order valence-corrected chi connectivity index (χ1v) is 6.53. The van der Waals surface area contributed by atoms with Crippen LogP contribution in [0.1, 0.15) is 25.3 Å². The Balaban J connectivity index is 2.81. The highest BCUT2D eigenvalue weighted by molar-refractivity contribution is 6.32. The largest absolute Gasteiger partial charge is 0.492 e. The van der Waals surface area contributed by atoms with E-state index >= 15 is 0 Å². The topological polar surface area (TPSA) is 70.5 Å². The van der Waals surface area contributed by atoms with Crippen molar-refractivity contribution in [2.75, 3.05) is 20.0 Å². The Hall–Kier alpha value is -1.88. The van der Waals surface area contributed by atoms with Gasteiger partial charge in [-0.25, -0.2) is 0 Å². The molecule has 1 aromatic carbocycles. The van der Waals surface area contributed by atoms with Crippen molar-refractivity contribution < 1.29 is 14.0 Å². The third-order valence-corrected chi connectivity index (χ3v) is 3.38. The summed E-state index contributed by atoms with van der Waals surface area (Å²) < 4.78 is 15.8. The second-order valence-electron chi connectivity index (χ2n) is 4.64. The molecule has 2 aromatic rings. The highest BCUT2D eigenvalue weighted by atomic mass is 35.5. The number of ether oxygens (including phenoxy) is 2. The van der Waals surface area contributed by atoms with E-state index in [1.165, 1.54) is 0 Å². The van der Waals surface area contributed by atoms with Crippen LogP contribution in [0.5, 0.6) is 11.5 Å². The number of nitrogen functional groups attached to an aromatic ring is 1. The fourth-order valence-electron chi connectivity index (χ4n) is 2.26. The first kappa shape index (κ1) is 14.5. The number of methoxy groups -OCH3 is 2. The number of nitrogens with two attached hydrogens (primary N) is 1. The van der Waals surface area contributed by atoms with Gasteiger partial charge in [0.2, 0.25) is 5.88 Å². The molecule has 0 aliphatic carbocycles. The molecule has 0 aliphatic heterocycles. The predicted molar refractivity (Wildman–Crippen MR) is 78.6 cm³/mol. The number of aromatic nitrogens is 1. The number of anilines is 1. The van der Waals surface area contributed by atoms with E-state index in [1.54, 1.807) is 26.5 Å². The number of nitrogens with zero attached hydrogens (tertiary/aromatic N) is 1. The maximum atomic E-state index is 6.26. The summed E-state index contributed by atoms with van der Waals surface area (Å²) in [5, 5.41) is 4.16. The van der Waals surface area contributed by atoms with Gasteiger partial charge in [-0.1, -0.05) is 30.6 Å². The van der Waals surface area contributed by atoms with Gasteiger partial charge in [-0.15, -0.1) is 0 Å². The van der Waals surface area contributed by atoms with E-state index in [2.05, 4.69) is 19.0 Å². The fourth-order valence-corrected chi connectivity index (χ4v) is 2.53. The van der Waals surface area contributed by atoms with Crippen LogP contribution in [0, 0.1) is 0 Å². The van der Waals surface area contributed by atoms with Gasteiger partial charge >= 0.3 is 0 Å². The summed E-state index contributed by atoms with van der Waals surface area (Å²) in [6, 6.07) is 1.79. The van der Waals surface area contributed by atoms with Gasteiger partial charge < -0.3 is 19.7 Å². The number of rotatable bonds is 4. The zero-order valence-corrected chi connectivity index (χ0v) is 12.6. The van der Waals surface area contributed by atoms with Gasteiger partial charge in [0.05, 0.1) is 31.0 Å². The van der Waals surface area contributed by atoms with E-state index in [1.807, 2.05) is 0 Å². The quantitative estimate of drug-likeness (QED) is 0.931. The predicted octanol–water partition coefficient (Wildman–Crippen LogP) is 3.72. The summed E-state index contributed by atoms with van der Waals surface area (Å²) in [5.74, 6) is 1.54. The molecule has 0 bridgehead atoms. The molecular formula is C14H17ClN2O3. The first-order valence-electron chi connectivity index (χ1n) is 6.16. The average molecular weight is 297 g/mol. The van der Waals surface area contributed by atoms with Crippen LogP contribution in [0.25, 0.3) is 11.1 Å². The molecule has 108 valence electrons. The second-order valence-corrected chi connectivity index (χ2v) is 5.05. The Bertz CT molecular complexity index is 623. The maximum absolute atomic E-state index is 6.26. The van der Waals surface area contributed by atoms with Gasteiger partial charge in [0, 0.05) is 5.56 Å². The molecule has 2 rings (SSSR count). The summed E-state index contributed by atoms with van der Waals surface area (Å²) in [6.45, 7) is 4.11. The van der Waals surface area contributed by atoms with Crippen LogP contribution in [0.2, 0.25) is 5.02 Å². The van der Waals surface area contributed by atoms with Crippen LogP contribution in [0.4, 0.5) is 5.88 Å². The molecule has 0 radical (unpaired) electrons. The standard InChI is InChI=1S/C14H17ClN2O3/c1-7(2)11-8(9-6-17-20-14(9)16)5-10(15)12(18-3)13(11)19-4/h5-7H,16H2,1-4H3. The van der Waals surface area contributed by atoms with Gasteiger partial charge in [0.1, 0.15) is 0 Å². The van der Waals surface area contributed by atoms with Crippen LogP contribution in [0.3, 0.4) is 0 Å². The van der Waals surface area contributed by atoms with Crippen LogP contribution in [0.15, 0.2) is 16.8 Å². The molecule has 0 spiro atoms. The lowest BCUT2D eigenvalue weighted by Crippen LogP contribution is -2.02. The molecule has 2 N–H and O–H groups in total. The third-order valence-electron chi connectivity index (χ3n) is 3.10. The Morgan fingerprint density at radius 1 is 1.20 bits per heavy atom. The Morgan fingerprint density at radius 2 is 1.85 bits per heavy atom. The number of hydrogen-bond donors (Lipinski definition) is 1. The number of benzene rings is 1. The average Bonchev–Trinajstić information content (AvgIpc) is 2.82. The molecule has 1 heterocycles. The van der Waals surface area contributed by atoms with Gasteiger partial charge in [-0.3, -0.25) is 0 Å². The van der Waals surface area contributed by atoms with E-state index in [-0.39, 0.29) is 11.8 Å². The van der Waals surface area contributed by atoms with Crippen molar-refractivity contribution in [3.8, 4) is 22.6 Å². The zero-order valence-electron chi connectivity index (χ0n) is 11.9. The highest BCUT2D eigenvalue weighted by Crippen LogP contribution is 2.47. The Morgan fingerprint density at radius 3 is 2.30 bits per heavy atom. The lowest BCUT2D eigenvalue weighted by molar-refractivity contribution is 0.351. The van der Waals surface area contributed by atoms with Gasteiger partial charge in [-0.05, 0) is 17.5 Å². The van der Waals surface area contributed by atoms with Crippen molar-refractivity contribution in [3.63, 3.8) is 0 Å². The van der Waals surface area contributed by atoms with E-state index in [4.69, 9.17) is 31.3 Å². The summed E-state index contributed by atoms with van der Waals surface area (Å²) in [7, 11) is 3.14. The maximum Gasteiger partial charge on any atom is 0.229 e. The monoisotopic (exact) mass is 296 g/mol. The van der Waals surface area contributed by atoms with Crippen molar-refractivity contribution in [2.45, 2.75) is 19.8 Å². The summed E-state index contributed by atoms with van der Waals surface area (Å²) in [4.78, 5) is 0. The number of halogens is 1. The van der Waals surface area contributed by atoms with E-state index in [0.29, 0.717) is 22.1 Å². The second kappa shape index (κ2) is 5.63. The summed E-state index contributed by atoms with van der Waals surface area (Å²) >= 11 is 6.26. The van der Waals surface area contributed by atoms with E-state index < -0.39 is 0 Å². The molecule has 0 saturated carbocycles. The van der Waals surface area contributed by atoms with Crippen molar-refractivity contribution in [3.05, 3.63) is 22.8 Å². The van der Waals surface area contributed by atoms with Crippen molar-refractivity contribution in [1.82, 2.24) is 5.16 Å². The van der Waals surface area contributed by atoms with Crippen LogP contribution < -0.4 is 15.2 Å². The fraction of sp³-hybridized carbons (Fsp3) is 0.357. The normalized spacial score (nSPS) is 10.9. The molecule has 0 amide bonds. The molecule has 20 heavy (non-hydrogen) atoms. The van der Waals surface area contributed by atoms with Gasteiger partial charge in [-0.2, -0.15) is 0 Å². The number of hydrogen-bond acceptors (Lipinski definition) is 5. The van der Waals surface area contributed by atoms with E-state index in [0.717, 1.165) is 11.1 Å². The lowest BCUT2D eigenvalue weighted by atomic mass is 9.92. The lowest BCUT2D eigenvalue weighted by Gasteiger charge is -2.20. The van der Waals surface area contributed by atoms with Gasteiger partial charge in [0.15, 0.2) is 11.5 Å². The van der Waals surface area contributed by atoms with Crippen LogP contribution in [-0.4, -0.2) is 19.4 Å². The molecule has 6 heteroatoms. The molecule has 0 fully saturated rings. The van der Waals surface area contributed by atoms with Crippen molar-refractivity contribution >= 4 is 17.5 Å². The minimum absolute atomic E-state index is 0.181. The van der Waals surface area contributed by atoms with Crippen molar-refractivity contribution in [1.29, 1.82) is 0 Å². The summed E-state index contributed by atoms with van der Waals surface area (Å²) in [5.41, 5.74) is 8.28. The molecule has 0 atom stereocenters. The Kier molecular flexibility index (Phi) is 4.09. The molecular weight excluding hydrogens is 280 g/mol. The van der Waals surface area contributed by atoms with Crippen LogP contribution >= 0.6 is 11.6 Å².